The minimum absolute atomic E-state index is 0.105. The van der Waals surface area contributed by atoms with Gasteiger partial charge < -0.3 is 33.8 Å². The lowest BCUT2D eigenvalue weighted by Gasteiger charge is -2.21. The fourth-order valence-corrected chi connectivity index (χ4v) is 11.5. The zero-order valence-electron chi connectivity index (χ0n) is 55.8. The summed E-state index contributed by atoms with van der Waals surface area (Å²) in [6.07, 6.45) is 40.2. The molecule has 0 rings (SSSR count). The van der Waals surface area contributed by atoms with Crippen LogP contribution in [0.5, 0.6) is 0 Å². The van der Waals surface area contributed by atoms with Crippen molar-refractivity contribution < 1.29 is 80.2 Å². The van der Waals surface area contributed by atoms with Crippen LogP contribution in [0, 0.1) is 17.8 Å². The first-order valence-corrected chi connectivity index (χ1v) is 37.9. The van der Waals surface area contributed by atoms with Crippen LogP contribution in [0.15, 0.2) is 0 Å². The van der Waals surface area contributed by atoms with Gasteiger partial charge in [-0.2, -0.15) is 0 Å². The summed E-state index contributed by atoms with van der Waals surface area (Å²) in [5, 5.41) is 10.6. The molecule has 0 bridgehead atoms. The molecular formula is C67H130O17P2. The average Bonchev–Trinajstić information content (AvgIpc) is 3.69. The molecule has 17 nitrogen and oxygen atoms in total. The Morgan fingerprint density at radius 1 is 0.337 bits per heavy atom. The summed E-state index contributed by atoms with van der Waals surface area (Å²) in [7, 11) is -9.89. The Morgan fingerprint density at radius 2 is 0.593 bits per heavy atom. The summed E-state index contributed by atoms with van der Waals surface area (Å²) in [6, 6.07) is 0. The maximum atomic E-state index is 13.0. The number of unbranched alkanes of at least 4 members (excludes halogenated alkanes) is 31. The molecule has 0 aliphatic rings. The Balaban J connectivity index is 5.26. The number of esters is 4. The first-order valence-electron chi connectivity index (χ1n) is 34.9. The molecule has 86 heavy (non-hydrogen) atoms. The van der Waals surface area contributed by atoms with Gasteiger partial charge in [0.2, 0.25) is 0 Å². The predicted molar refractivity (Wildman–Crippen MR) is 344 cm³/mol. The molecule has 0 fully saturated rings. The number of hydrogen-bond donors (Lipinski definition) is 3. The number of aliphatic hydroxyl groups is 1. The van der Waals surface area contributed by atoms with Crippen LogP contribution in [0.4, 0.5) is 0 Å². The number of carbonyl (C=O) groups is 4. The van der Waals surface area contributed by atoms with Crippen LogP contribution in [0.2, 0.25) is 0 Å². The van der Waals surface area contributed by atoms with Crippen LogP contribution in [0.1, 0.15) is 331 Å². The summed E-state index contributed by atoms with van der Waals surface area (Å²) in [5.74, 6) is 0.128. The van der Waals surface area contributed by atoms with Crippen molar-refractivity contribution in [1.29, 1.82) is 0 Å². The lowest BCUT2D eigenvalue weighted by Crippen LogP contribution is -2.30. The highest BCUT2D eigenvalue weighted by atomic mass is 31.2. The van der Waals surface area contributed by atoms with E-state index in [-0.39, 0.29) is 25.7 Å². The third-order valence-corrected chi connectivity index (χ3v) is 18.0. The minimum Gasteiger partial charge on any atom is -0.462 e. The Hall–Kier alpha value is -1.94. The fraction of sp³-hybridized carbons (Fsp3) is 0.940. The van der Waals surface area contributed by atoms with Gasteiger partial charge in [-0.15, -0.1) is 0 Å². The zero-order valence-corrected chi connectivity index (χ0v) is 57.6. The second-order valence-corrected chi connectivity index (χ2v) is 28.1. The van der Waals surface area contributed by atoms with Gasteiger partial charge in [-0.25, -0.2) is 9.13 Å². The first-order chi connectivity index (χ1) is 41.3. The molecule has 7 atom stereocenters. The topological polar surface area (TPSA) is 237 Å². The van der Waals surface area contributed by atoms with Crippen LogP contribution in [0.3, 0.4) is 0 Å². The molecule has 3 N–H and O–H groups in total. The molecule has 0 heterocycles. The van der Waals surface area contributed by atoms with Crippen LogP contribution in [0.25, 0.3) is 0 Å². The number of rotatable bonds is 65. The molecule has 0 aliphatic carbocycles. The van der Waals surface area contributed by atoms with E-state index < -0.39 is 97.5 Å². The fourth-order valence-electron chi connectivity index (χ4n) is 9.95. The quantitative estimate of drug-likeness (QED) is 0.0222. The summed E-state index contributed by atoms with van der Waals surface area (Å²) in [4.78, 5) is 72.4. The van der Waals surface area contributed by atoms with Crippen molar-refractivity contribution in [3.05, 3.63) is 0 Å². The van der Waals surface area contributed by atoms with Crippen LogP contribution < -0.4 is 0 Å². The molecule has 0 saturated heterocycles. The van der Waals surface area contributed by atoms with Gasteiger partial charge in [0.05, 0.1) is 26.4 Å². The molecule has 0 aromatic carbocycles. The normalized spacial score (nSPS) is 14.9. The van der Waals surface area contributed by atoms with Gasteiger partial charge in [-0.1, -0.05) is 280 Å². The largest absolute Gasteiger partial charge is 0.472 e. The van der Waals surface area contributed by atoms with Crippen LogP contribution in [-0.4, -0.2) is 96.7 Å². The number of ether oxygens (including phenoxy) is 4. The molecule has 0 saturated carbocycles. The standard InChI is InChI=1S/C67H130O17P2/c1-8-11-12-13-14-15-16-20-27-36-43-50-66(71)84-63(55-78-65(70)49-42-35-30-29-31-38-45-58(4)5)57-82-86(75,76)80-53-61(68)52-79-85(73,74)81-56-62(54-77-64(69)48-41-34-26-23-22-25-33-40-47-60(7)10-3)83-67(72)51-44-37-28-21-18-17-19-24-32-39-46-59(6)9-2/h58-63,68H,8-57H2,1-7H3,(H,73,74)(H,75,76)/t59?,60?,61-,62-,63-/m1/s1. The van der Waals surface area contributed by atoms with Gasteiger partial charge in [0, 0.05) is 25.7 Å². The van der Waals surface area contributed by atoms with Crippen molar-refractivity contribution in [2.45, 2.75) is 349 Å². The summed E-state index contributed by atoms with van der Waals surface area (Å²) in [6.45, 7) is 11.8. The number of carbonyl (C=O) groups excluding carboxylic acids is 4. The van der Waals surface area contributed by atoms with Gasteiger partial charge in [0.15, 0.2) is 12.2 Å². The van der Waals surface area contributed by atoms with E-state index in [2.05, 4.69) is 48.5 Å². The highest BCUT2D eigenvalue weighted by Crippen LogP contribution is 2.45. The average molecular weight is 1270 g/mol. The minimum atomic E-state index is -4.95. The first kappa shape index (κ1) is 84.1. The van der Waals surface area contributed by atoms with Gasteiger partial charge in [0.25, 0.3) is 0 Å². The van der Waals surface area contributed by atoms with E-state index in [9.17, 15) is 43.2 Å². The SMILES string of the molecule is CCCCCCCCCCCCCC(=O)O[C@H](COC(=O)CCCCCCCCC(C)C)COP(=O)(O)OC[C@H](O)COP(=O)(O)OC[C@@H](COC(=O)CCCCCCCCCCC(C)CC)OC(=O)CCCCCCCCCCCCC(C)CC. The van der Waals surface area contributed by atoms with Gasteiger partial charge in [0.1, 0.15) is 19.3 Å². The maximum absolute atomic E-state index is 13.0. The van der Waals surface area contributed by atoms with Crippen molar-refractivity contribution in [3.63, 3.8) is 0 Å². The molecule has 0 aromatic heterocycles. The van der Waals surface area contributed by atoms with Crippen LogP contribution in [-0.2, 0) is 65.4 Å². The summed E-state index contributed by atoms with van der Waals surface area (Å²) >= 11 is 0. The molecule has 510 valence electrons. The Labute approximate surface area is 524 Å². The van der Waals surface area contributed by atoms with Gasteiger partial charge >= 0.3 is 39.5 Å². The smallest absolute Gasteiger partial charge is 0.462 e. The van der Waals surface area contributed by atoms with E-state index in [0.717, 1.165) is 108 Å². The second-order valence-electron chi connectivity index (χ2n) is 25.2. The number of hydrogen-bond acceptors (Lipinski definition) is 15. The lowest BCUT2D eigenvalue weighted by molar-refractivity contribution is -0.161. The van der Waals surface area contributed by atoms with Crippen molar-refractivity contribution in [3.8, 4) is 0 Å². The predicted octanol–water partition coefficient (Wildman–Crippen LogP) is 18.7. The number of phosphoric acid groups is 2. The van der Waals surface area contributed by atoms with Crippen LogP contribution >= 0.6 is 15.6 Å². The van der Waals surface area contributed by atoms with Crippen molar-refractivity contribution in [2.75, 3.05) is 39.6 Å². The zero-order chi connectivity index (χ0) is 63.8. The molecule has 0 amide bonds. The van der Waals surface area contributed by atoms with Crippen molar-refractivity contribution in [1.82, 2.24) is 0 Å². The highest BCUT2D eigenvalue weighted by Gasteiger charge is 2.30. The van der Waals surface area contributed by atoms with E-state index in [1.807, 2.05) is 0 Å². The molecular weight excluding hydrogens is 1140 g/mol. The molecule has 0 radical (unpaired) electrons. The Kier molecular flexibility index (Phi) is 56.9. The Bertz CT molecular complexity index is 1700. The molecule has 0 spiro atoms. The van der Waals surface area contributed by atoms with Gasteiger partial charge in [-0.05, 0) is 43.4 Å². The molecule has 0 aromatic rings. The maximum Gasteiger partial charge on any atom is 0.472 e. The van der Waals surface area contributed by atoms with E-state index in [1.54, 1.807) is 0 Å². The second kappa shape index (κ2) is 58.2. The highest BCUT2D eigenvalue weighted by molar-refractivity contribution is 7.47. The number of aliphatic hydroxyl groups excluding tert-OH is 1. The summed E-state index contributed by atoms with van der Waals surface area (Å²) < 4.78 is 68.1. The monoisotopic (exact) mass is 1270 g/mol. The molecule has 19 heteroatoms. The van der Waals surface area contributed by atoms with Crippen molar-refractivity contribution >= 4 is 39.5 Å². The van der Waals surface area contributed by atoms with E-state index >= 15 is 0 Å². The summed E-state index contributed by atoms with van der Waals surface area (Å²) in [5.41, 5.74) is 0. The van der Waals surface area contributed by atoms with Crippen molar-refractivity contribution in [2.24, 2.45) is 17.8 Å². The third kappa shape index (κ3) is 58.4. The van der Waals surface area contributed by atoms with E-state index in [1.165, 1.54) is 135 Å². The van der Waals surface area contributed by atoms with E-state index in [4.69, 9.17) is 37.0 Å². The molecule has 0 aliphatic heterocycles. The Morgan fingerprint density at radius 3 is 0.884 bits per heavy atom. The molecule has 4 unspecified atom stereocenters. The lowest BCUT2D eigenvalue weighted by atomic mass is 9.99. The van der Waals surface area contributed by atoms with Gasteiger partial charge in [-0.3, -0.25) is 37.3 Å². The number of phosphoric ester groups is 2. The van der Waals surface area contributed by atoms with E-state index in [0.29, 0.717) is 31.6 Å². The third-order valence-electron chi connectivity index (χ3n) is 16.1.